The molecule has 1 aromatic carbocycles. The van der Waals surface area contributed by atoms with E-state index in [9.17, 15) is 4.39 Å². The third-order valence-corrected chi connectivity index (χ3v) is 4.49. The Kier molecular flexibility index (Phi) is 4.31. The van der Waals surface area contributed by atoms with Gasteiger partial charge in [-0.05, 0) is 37.9 Å². The van der Waals surface area contributed by atoms with E-state index in [0.717, 1.165) is 25.1 Å². The van der Waals surface area contributed by atoms with Crippen LogP contribution in [-0.2, 0) is 6.42 Å². The number of nitrogens with one attached hydrogen (secondary N) is 1. The van der Waals surface area contributed by atoms with Crippen molar-refractivity contribution in [2.45, 2.75) is 38.6 Å². The lowest BCUT2D eigenvalue weighted by Gasteiger charge is -2.21. The zero-order valence-electron chi connectivity index (χ0n) is 14.0. The maximum Gasteiger partial charge on any atom is 0.280 e. The molecule has 0 spiro atoms. The monoisotopic (exact) mass is 342 g/mol. The molecule has 0 radical (unpaired) electrons. The van der Waals surface area contributed by atoms with Gasteiger partial charge in [-0.25, -0.2) is 4.39 Å². The molecule has 0 bridgehead atoms. The van der Waals surface area contributed by atoms with Crippen LogP contribution in [0, 0.1) is 12.7 Å². The number of piperidine rings is 1. The molecule has 1 aliphatic rings. The highest BCUT2D eigenvalue weighted by Gasteiger charge is 2.19. The van der Waals surface area contributed by atoms with E-state index in [-0.39, 0.29) is 11.7 Å². The number of benzene rings is 1. The number of halogens is 1. The lowest BCUT2D eigenvalue weighted by Crippen LogP contribution is -2.35. The molecule has 1 saturated heterocycles. The molecule has 130 valence electrons. The lowest BCUT2D eigenvalue weighted by molar-refractivity contribution is 0.336. The van der Waals surface area contributed by atoms with E-state index < -0.39 is 0 Å². The molecule has 1 aliphatic heterocycles. The van der Waals surface area contributed by atoms with Crippen molar-refractivity contribution in [2.75, 3.05) is 6.54 Å². The van der Waals surface area contributed by atoms with E-state index in [1.807, 2.05) is 6.07 Å². The third-order valence-electron chi connectivity index (χ3n) is 4.49. The Morgan fingerprint density at radius 2 is 2.12 bits per heavy atom. The van der Waals surface area contributed by atoms with Gasteiger partial charge in [0, 0.05) is 24.1 Å². The average molecular weight is 342 g/mol. The van der Waals surface area contributed by atoms with Gasteiger partial charge in [-0.1, -0.05) is 28.9 Å². The van der Waals surface area contributed by atoms with Gasteiger partial charge in [0.1, 0.15) is 11.6 Å². The highest BCUT2D eigenvalue weighted by molar-refractivity contribution is 5.58. The Bertz CT molecular complexity index is 868. The Hall–Kier alpha value is -2.54. The summed E-state index contributed by atoms with van der Waals surface area (Å²) in [5.74, 6) is 1.08. The van der Waals surface area contributed by atoms with Crippen LogP contribution in [0.15, 0.2) is 33.3 Å². The van der Waals surface area contributed by atoms with Gasteiger partial charge in [0.05, 0.1) is 0 Å². The molecule has 6 nitrogen and oxygen atoms in total. The zero-order chi connectivity index (χ0) is 17.2. The van der Waals surface area contributed by atoms with Gasteiger partial charge >= 0.3 is 0 Å². The van der Waals surface area contributed by atoms with Gasteiger partial charge in [0.25, 0.3) is 5.89 Å². The number of hydrogen-bond acceptors (Lipinski definition) is 6. The molecular formula is C18H19FN4O2. The average Bonchev–Trinajstić information content (AvgIpc) is 3.27. The lowest BCUT2D eigenvalue weighted by atomic mass is 10.0. The first kappa shape index (κ1) is 16.0. The highest BCUT2D eigenvalue weighted by Crippen LogP contribution is 2.24. The van der Waals surface area contributed by atoms with Crippen molar-refractivity contribution in [3.63, 3.8) is 0 Å². The smallest absolute Gasteiger partial charge is 0.280 e. The largest absolute Gasteiger partial charge is 0.361 e. The summed E-state index contributed by atoms with van der Waals surface area (Å²) in [7, 11) is 0. The van der Waals surface area contributed by atoms with Crippen LogP contribution in [0.4, 0.5) is 4.39 Å². The van der Waals surface area contributed by atoms with Crippen LogP contribution >= 0.6 is 0 Å². The van der Waals surface area contributed by atoms with Crippen molar-refractivity contribution < 1.29 is 13.4 Å². The van der Waals surface area contributed by atoms with E-state index in [4.69, 9.17) is 9.05 Å². The van der Waals surface area contributed by atoms with Crippen LogP contribution < -0.4 is 5.32 Å². The Morgan fingerprint density at radius 3 is 2.92 bits per heavy atom. The number of rotatable bonds is 4. The summed E-state index contributed by atoms with van der Waals surface area (Å²) in [5.41, 5.74) is 1.63. The van der Waals surface area contributed by atoms with Crippen molar-refractivity contribution in [3.8, 4) is 23.0 Å². The second kappa shape index (κ2) is 6.76. The maximum absolute atomic E-state index is 13.7. The number of hydrogen-bond donors (Lipinski definition) is 1. The molecule has 4 rings (SSSR count). The minimum Gasteiger partial charge on any atom is -0.361 e. The molecule has 3 heterocycles. The van der Waals surface area contributed by atoms with Crippen molar-refractivity contribution in [1.82, 2.24) is 20.6 Å². The summed E-state index contributed by atoms with van der Waals surface area (Å²) in [4.78, 5) is 4.30. The first-order valence-electron chi connectivity index (χ1n) is 8.48. The zero-order valence-corrected chi connectivity index (χ0v) is 14.0. The van der Waals surface area contributed by atoms with Crippen molar-refractivity contribution in [1.29, 1.82) is 0 Å². The molecular weight excluding hydrogens is 323 g/mol. The van der Waals surface area contributed by atoms with Gasteiger partial charge in [0.2, 0.25) is 5.82 Å². The number of aryl methyl sites for hydroxylation is 1. The molecule has 1 N–H and O–H groups in total. The molecule has 1 atom stereocenters. The van der Waals surface area contributed by atoms with Gasteiger partial charge < -0.3 is 14.4 Å². The number of aromatic nitrogens is 3. The molecule has 0 saturated carbocycles. The summed E-state index contributed by atoms with van der Waals surface area (Å²) in [6.07, 6.45) is 4.39. The molecule has 0 aliphatic carbocycles. The van der Waals surface area contributed by atoms with Crippen LogP contribution in [0.1, 0.15) is 30.6 Å². The first-order valence-corrected chi connectivity index (χ1v) is 8.48. The summed E-state index contributed by atoms with van der Waals surface area (Å²) in [6.45, 7) is 2.75. The summed E-state index contributed by atoms with van der Waals surface area (Å²) in [5, 5.41) is 11.4. The molecule has 2 aromatic heterocycles. The summed E-state index contributed by atoms with van der Waals surface area (Å²) < 4.78 is 24.4. The van der Waals surface area contributed by atoms with Gasteiger partial charge in [-0.3, -0.25) is 0 Å². The second-order valence-electron chi connectivity index (χ2n) is 6.42. The second-order valence-corrected chi connectivity index (χ2v) is 6.42. The van der Waals surface area contributed by atoms with E-state index in [2.05, 4.69) is 20.6 Å². The number of nitrogens with zero attached hydrogens (tertiary/aromatic N) is 3. The highest BCUT2D eigenvalue weighted by atomic mass is 19.1. The molecule has 0 amide bonds. The van der Waals surface area contributed by atoms with Crippen LogP contribution in [-0.4, -0.2) is 27.9 Å². The predicted octanol–water partition coefficient (Wildman–Crippen LogP) is 3.52. The van der Waals surface area contributed by atoms with E-state index in [0.29, 0.717) is 28.7 Å². The summed E-state index contributed by atoms with van der Waals surface area (Å²) >= 11 is 0. The maximum atomic E-state index is 13.7. The standard InChI is InChI=1S/C18H19FN4O2/c1-11-5-6-12(8-15(11)19)17-21-18(25-23-17)16-10-14(24-22-16)9-13-4-2-3-7-20-13/h5-6,8,10,13,20H,2-4,7,9H2,1H3. The molecule has 3 aromatic rings. The SMILES string of the molecule is Cc1ccc(-c2noc(-c3cc(CC4CCCCN4)on3)n2)cc1F. The Balaban J connectivity index is 1.51. The quantitative estimate of drug-likeness (QED) is 0.782. The third kappa shape index (κ3) is 3.46. The van der Waals surface area contributed by atoms with Gasteiger partial charge in [0.15, 0.2) is 5.69 Å². The van der Waals surface area contributed by atoms with Crippen molar-refractivity contribution >= 4 is 0 Å². The predicted molar refractivity (Wildman–Crippen MR) is 89.3 cm³/mol. The normalized spacial score (nSPS) is 17.8. The Labute approximate surface area is 144 Å². The first-order chi connectivity index (χ1) is 12.2. The van der Waals surface area contributed by atoms with Crippen molar-refractivity contribution in [3.05, 3.63) is 41.4 Å². The fourth-order valence-electron chi connectivity index (χ4n) is 3.03. The minimum absolute atomic E-state index is 0.266. The fraction of sp³-hybridized carbons (Fsp3) is 0.389. The van der Waals surface area contributed by atoms with Crippen LogP contribution in [0.25, 0.3) is 23.0 Å². The summed E-state index contributed by atoms with van der Waals surface area (Å²) in [6, 6.07) is 7.08. The van der Waals surface area contributed by atoms with E-state index in [1.165, 1.54) is 18.9 Å². The van der Waals surface area contributed by atoms with Gasteiger partial charge in [-0.15, -0.1) is 0 Å². The van der Waals surface area contributed by atoms with Crippen LogP contribution in [0.3, 0.4) is 0 Å². The topological polar surface area (TPSA) is 77.0 Å². The molecule has 1 fully saturated rings. The van der Waals surface area contributed by atoms with E-state index in [1.54, 1.807) is 19.1 Å². The Morgan fingerprint density at radius 1 is 1.20 bits per heavy atom. The molecule has 1 unspecified atom stereocenters. The molecule has 7 heteroatoms. The fourth-order valence-corrected chi connectivity index (χ4v) is 3.03. The van der Waals surface area contributed by atoms with E-state index >= 15 is 0 Å². The van der Waals surface area contributed by atoms with Crippen molar-refractivity contribution in [2.24, 2.45) is 0 Å². The minimum atomic E-state index is -0.299. The van der Waals surface area contributed by atoms with Crippen LogP contribution in [0.5, 0.6) is 0 Å². The van der Waals surface area contributed by atoms with Gasteiger partial charge in [-0.2, -0.15) is 4.98 Å². The van der Waals surface area contributed by atoms with Crippen LogP contribution in [0.2, 0.25) is 0 Å². The molecule has 25 heavy (non-hydrogen) atoms.